The number of carbonyl (C=O) groups is 1. The van der Waals surface area contributed by atoms with Crippen LogP contribution in [-0.2, 0) is 20.1 Å². The Balaban J connectivity index is 0.000000327. The molecule has 3 rings (SSSR count). The molecule has 0 amide bonds. The van der Waals surface area contributed by atoms with Crippen LogP contribution < -0.4 is 5.19 Å². The number of pyridine rings is 1. The van der Waals surface area contributed by atoms with E-state index in [0.29, 0.717) is 5.56 Å². The molecule has 3 nitrogen and oxygen atoms in total. The summed E-state index contributed by atoms with van der Waals surface area (Å²) in [5.41, 5.74) is 1.90. The van der Waals surface area contributed by atoms with Crippen molar-refractivity contribution in [2.45, 2.75) is 26.6 Å². The molecule has 0 aliphatic carbocycles. The summed E-state index contributed by atoms with van der Waals surface area (Å²) in [4.78, 5) is 13.5. The van der Waals surface area contributed by atoms with Gasteiger partial charge in [0.25, 0.3) is 0 Å². The van der Waals surface area contributed by atoms with E-state index < -0.39 is 25.9 Å². The van der Waals surface area contributed by atoms with Crippen LogP contribution in [0.3, 0.4) is 0 Å². The van der Waals surface area contributed by atoms with Crippen molar-refractivity contribution in [3.8, 4) is 11.1 Å². The Morgan fingerprint density at radius 3 is 2.24 bits per heavy atom. The third kappa shape index (κ3) is 7.27. The second kappa shape index (κ2) is 10.5. The standard InChI is InChI=1S/C14H13F2NSi.C8H7O2.Ir/c1-18(2,3)11-6-4-5-10(9-11)12-7-8-13(15)17-14(12)16;1-6-3-2-4-7(5-6)8(9)10;/h4,6,8-9H,1-3H3;2-3,5H,1H3,(H,9,10);/q-2;-1;+3. The monoisotopic (exact) mass is 589 g/mol. The Morgan fingerprint density at radius 1 is 1.07 bits per heavy atom. The molecule has 1 heterocycles. The average molecular weight is 589 g/mol. The summed E-state index contributed by atoms with van der Waals surface area (Å²) in [6.45, 7) is 8.46. The molecule has 0 atom stereocenters. The van der Waals surface area contributed by atoms with Crippen LogP contribution in [0, 0.1) is 37.0 Å². The van der Waals surface area contributed by atoms with Crippen LogP contribution in [0.25, 0.3) is 11.1 Å². The molecule has 0 aliphatic heterocycles. The maximum atomic E-state index is 13.6. The van der Waals surface area contributed by atoms with Crippen LogP contribution in [0.15, 0.2) is 42.5 Å². The fourth-order valence-electron chi connectivity index (χ4n) is 2.34. The van der Waals surface area contributed by atoms with Crippen LogP contribution in [0.1, 0.15) is 15.9 Å². The maximum Gasteiger partial charge on any atom is 3.00 e. The molecule has 0 bridgehead atoms. The van der Waals surface area contributed by atoms with Gasteiger partial charge in [-0.05, 0) is 0 Å². The van der Waals surface area contributed by atoms with Crippen molar-refractivity contribution < 1.29 is 38.8 Å². The number of halogens is 2. The molecule has 1 N–H and O–H groups in total. The zero-order chi connectivity index (χ0) is 20.9. The summed E-state index contributed by atoms with van der Waals surface area (Å²) in [6.07, 6.45) is 0. The summed E-state index contributed by atoms with van der Waals surface area (Å²) in [5.74, 6) is -2.64. The molecular weight excluding hydrogens is 569 g/mol. The van der Waals surface area contributed by atoms with E-state index in [1.165, 1.54) is 5.19 Å². The predicted octanol–water partition coefficient (Wildman–Crippen LogP) is 4.66. The topological polar surface area (TPSA) is 50.2 Å². The predicted molar refractivity (Wildman–Crippen MR) is 107 cm³/mol. The second-order valence-corrected chi connectivity index (χ2v) is 12.3. The van der Waals surface area contributed by atoms with E-state index in [2.05, 4.69) is 42.8 Å². The molecule has 0 fully saturated rings. The number of hydrogen-bond donors (Lipinski definition) is 1. The van der Waals surface area contributed by atoms with Gasteiger partial charge in [0, 0.05) is 0 Å². The summed E-state index contributed by atoms with van der Waals surface area (Å²) < 4.78 is 26.3. The van der Waals surface area contributed by atoms with Gasteiger partial charge in [0.2, 0.25) is 5.97 Å². The summed E-state index contributed by atoms with van der Waals surface area (Å²) >= 11 is 0. The molecule has 3 aromatic rings. The Morgan fingerprint density at radius 2 is 1.72 bits per heavy atom. The Labute approximate surface area is 184 Å². The van der Waals surface area contributed by atoms with E-state index in [-0.39, 0.29) is 31.2 Å². The smallest absolute Gasteiger partial charge is 0.521 e. The summed E-state index contributed by atoms with van der Waals surface area (Å²) in [6, 6.07) is 19.8. The van der Waals surface area contributed by atoms with Crippen LogP contribution in [0.4, 0.5) is 8.78 Å². The number of carboxylic acid groups (broad SMARTS) is 1. The first kappa shape index (κ1) is 24.8. The number of rotatable bonds is 3. The number of aromatic nitrogens is 1. The molecule has 29 heavy (non-hydrogen) atoms. The van der Waals surface area contributed by atoms with Crippen molar-refractivity contribution in [2.75, 3.05) is 0 Å². The van der Waals surface area contributed by atoms with Crippen LogP contribution in [-0.4, -0.2) is 24.1 Å². The van der Waals surface area contributed by atoms with E-state index in [9.17, 15) is 13.6 Å². The average Bonchev–Trinajstić information content (AvgIpc) is 2.61. The molecule has 0 saturated heterocycles. The fourth-order valence-corrected chi connectivity index (χ4v) is 3.50. The summed E-state index contributed by atoms with van der Waals surface area (Å²) in [5, 5.41) is 9.67. The molecule has 0 aliphatic rings. The van der Waals surface area contributed by atoms with Crippen molar-refractivity contribution in [1.29, 1.82) is 0 Å². The molecule has 2 aromatic carbocycles. The minimum absolute atomic E-state index is 0. The van der Waals surface area contributed by atoms with Gasteiger partial charge in [-0.15, -0.1) is 47.1 Å². The van der Waals surface area contributed by atoms with Gasteiger partial charge in [-0.3, -0.25) is 9.37 Å². The minimum Gasteiger partial charge on any atom is -0.521 e. The number of aryl methyl sites for hydroxylation is 1. The van der Waals surface area contributed by atoms with E-state index in [4.69, 9.17) is 5.11 Å². The van der Waals surface area contributed by atoms with Crippen LogP contribution in [0.2, 0.25) is 19.6 Å². The fraction of sp³-hybridized carbons (Fsp3) is 0.182. The number of aromatic carboxylic acids is 1. The zero-order valence-corrected chi connectivity index (χ0v) is 19.8. The van der Waals surface area contributed by atoms with Gasteiger partial charge in [0.05, 0.1) is 14.0 Å². The van der Waals surface area contributed by atoms with Crippen LogP contribution in [0.5, 0.6) is 0 Å². The molecule has 1 aromatic heterocycles. The first-order valence-corrected chi connectivity index (χ1v) is 12.1. The van der Waals surface area contributed by atoms with Gasteiger partial charge in [-0.1, -0.05) is 32.1 Å². The van der Waals surface area contributed by atoms with Crippen molar-refractivity contribution in [1.82, 2.24) is 4.98 Å². The summed E-state index contributed by atoms with van der Waals surface area (Å²) in [7, 11) is -1.48. The van der Waals surface area contributed by atoms with Crippen molar-refractivity contribution >= 4 is 19.2 Å². The molecule has 0 saturated carbocycles. The first-order valence-electron chi connectivity index (χ1n) is 8.56. The number of hydrogen-bond acceptors (Lipinski definition) is 2. The van der Waals surface area contributed by atoms with Crippen molar-refractivity contribution in [3.63, 3.8) is 0 Å². The van der Waals surface area contributed by atoms with E-state index in [1.54, 1.807) is 18.2 Å². The van der Waals surface area contributed by atoms with Gasteiger partial charge in [0.15, 0.2) is 0 Å². The van der Waals surface area contributed by atoms with Gasteiger partial charge >= 0.3 is 20.1 Å². The molecule has 0 radical (unpaired) electrons. The molecule has 0 unspecified atom stereocenters. The Bertz CT molecular complexity index is 991. The number of carboxylic acids is 1. The van der Waals surface area contributed by atoms with Crippen molar-refractivity contribution in [3.05, 3.63) is 83.7 Å². The number of benzene rings is 2. The normalized spacial score (nSPS) is 10.4. The Kier molecular flexibility index (Phi) is 9.01. The quantitative estimate of drug-likeness (QED) is 0.275. The van der Waals surface area contributed by atoms with Gasteiger partial charge in [-0.2, -0.15) is 29.8 Å². The third-order valence-corrected chi connectivity index (χ3v) is 5.91. The maximum absolute atomic E-state index is 13.6. The van der Waals surface area contributed by atoms with Crippen LogP contribution >= 0.6 is 0 Å². The largest absolute Gasteiger partial charge is 3.00 e. The van der Waals surface area contributed by atoms with Gasteiger partial charge in [-0.25, -0.2) is 9.95 Å². The Hall–Kier alpha value is -2.21. The SMILES string of the molecule is C[Si](C)(C)c1cc[c-]c(-c2[c-]cc(F)nc2F)c1.Cc1cc[c-]c(C(=O)O)c1.[Ir+3]. The number of nitrogens with zero attached hydrogens (tertiary/aromatic N) is 1. The van der Waals surface area contributed by atoms with E-state index in [1.807, 2.05) is 25.1 Å². The third-order valence-electron chi connectivity index (χ3n) is 3.87. The minimum atomic E-state index is -1.48. The van der Waals surface area contributed by atoms with Gasteiger partial charge in [0.1, 0.15) is 5.95 Å². The molecule has 7 heteroatoms. The first-order chi connectivity index (χ1) is 13.1. The van der Waals surface area contributed by atoms with Crippen molar-refractivity contribution in [2.24, 2.45) is 0 Å². The molecule has 152 valence electrons. The molecular formula is C22H20F2IrNO2Si. The van der Waals surface area contributed by atoms with Gasteiger partial charge < -0.3 is 9.90 Å². The zero-order valence-electron chi connectivity index (χ0n) is 16.4. The second-order valence-electron chi connectivity index (χ2n) is 7.21. The molecule has 0 spiro atoms. The van der Waals surface area contributed by atoms with E-state index in [0.717, 1.165) is 11.6 Å². The van der Waals surface area contributed by atoms with E-state index >= 15 is 0 Å².